The number of carbonyl (C=O) groups is 2. The molecule has 1 atom stereocenters. The van der Waals surface area contributed by atoms with Crippen LogP contribution in [0.15, 0.2) is 0 Å². The van der Waals surface area contributed by atoms with Gasteiger partial charge in [-0.25, -0.2) is 0 Å². The maximum Gasteiger partial charge on any atom is 0.323 e. The first-order valence-corrected chi connectivity index (χ1v) is 5.06. The van der Waals surface area contributed by atoms with Crippen LogP contribution in [0.5, 0.6) is 0 Å². The number of hydrogen-bond donors (Lipinski definition) is 1. The molecule has 1 aliphatic heterocycles. The van der Waals surface area contributed by atoms with Gasteiger partial charge in [0.05, 0.1) is 6.54 Å². The number of carboxylic acids is 1. The smallest absolute Gasteiger partial charge is 0.323 e. The zero-order valence-corrected chi connectivity index (χ0v) is 9.49. The molecule has 1 amide bonds. The van der Waals surface area contributed by atoms with E-state index in [0.29, 0.717) is 13.0 Å². The minimum atomic E-state index is -0.869. The van der Waals surface area contributed by atoms with E-state index in [1.807, 2.05) is 0 Å². The number of likely N-dealkylation sites (tertiary alicyclic amines) is 1. The van der Waals surface area contributed by atoms with Crippen LogP contribution in [-0.4, -0.2) is 59.5 Å². The third-order valence-corrected chi connectivity index (χ3v) is 3.08. The summed E-state index contributed by atoms with van der Waals surface area (Å²) >= 11 is 0. The van der Waals surface area contributed by atoms with Gasteiger partial charge in [0.1, 0.15) is 5.54 Å². The van der Waals surface area contributed by atoms with Crippen molar-refractivity contribution in [3.63, 3.8) is 0 Å². The van der Waals surface area contributed by atoms with Crippen molar-refractivity contribution in [1.29, 1.82) is 0 Å². The van der Waals surface area contributed by atoms with Crippen molar-refractivity contribution in [3.05, 3.63) is 0 Å². The molecule has 5 nitrogen and oxygen atoms in total. The molecule has 0 aromatic rings. The largest absolute Gasteiger partial charge is 0.480 e. The summed E-state index contributed by atoms with van der Waals surface area (Å²) in [5.74, 6) is -0.893. The Morgan fingerprint density at radius 3 is 2.53 bits per heavy atom. The van der Waals surface area contributed by atoms with Crippen LogP contribution in [0.25, 0.3) is 0 Å². The fourth-order valence-corrected chi connectivity index (χ4v) is 1.82. The molecule has 5 heteroatoms. The molecule has 0 aliphatic carbocycles. The van der Waals surface area contributed by atoms with Crippen molar-refractivity contribution >= 4 is 11.9 Å². The number of nitrogens with zero attached hydrogens (tertiary/aromatic N) is 2. The maximum absolute atomic E-state index is 11.5. The zero-order valence-electron chi connectivity index (χ0n) is 9.49. The molecular weight excluding hydrogens is 196 g/mol. The Kier molecular flexibility index (Phi) is 3.34. The molecule has 0 spiro atoms. The average Bonchev–Trinajstić information content (AvgIpc) is 2.49. The summed E-state index contributed by atoms with van der Waals surface area (Å²) in [6.45, 7) is 2.56. The first kappa shape index (κ1) is 12.0. The molecule has 0 aromatic carbocycles. The van der Waals surface area contributed by atoms with Gasteiger partial charge in [-0.15, -0.1) is 0 Å². The topological polar surface area (TPSA) is 60.9 Å². The van der Waals surface area contributed by atoms with E-state index in [-0.39, 0.29) is 12.5 Å². The monoisotopic (exact) mass is 214 g/mol. The van der Waals surface area contributed by atoms with Crippen LogP contribution in [0.2, 0.25) is 0 Å². The molecule has 1 unspecified atom stereocenters. The van der Waals surface area contributed by atoms with E-state index in [1.54, 1.807) is 25.9 Å². The number of amides is 1. The number of rotatable bonds is 3. The van der Waals surface area contributed by atoms with Crippen molar-refractivity contribution in [1.82, 2.24) is 9.80 Å². The van der Waals surface area contributed by atoms with E-state index in [1.165, 1.54) is 4.90 Å². The summed E-state index contributed by atoms with van der Waals surface area (Å²) in [4.78, 5) is 25.9. The van der Waals surface area contributed by atoms with Gasteiger partial charge in [-0.3, -0.25) is 14.5 Å². The van der Waals surface area contributed by atoms with Gasteiger partial charge in [0.15, 0.2) is 0 Å². The van der Waals surface area contributed by atoms with E-state index in [0.717, 1.165) is 6.42 Å². The second-order valence-corrected chi connectivity index (χ2v) is 4.39. The van der Waals surface area contributed by atoms with Gasteiger partial charge in [-0.05, 0) is 26.3 Å². The van der Waals surface area contributed by atoms with E-state index in [4.69, 9.17) is 5.11 Å². The Hall–Kier alpha value is -1.10. The average molecular weight is 214 g/mol. The summed E-state index contributed by atoms with van der Waals surface area (Å²) < 4.78 is 0. The molecule has 0 bridgehead atoms. The lowest BCUT2D eigenvalue weighted by Crippen LogP contribution is -2.51. The van der Waals surface area contributed by atoms with Gasteiger partial charge in [-0.1, -0.05) is 0 Å². The zero-order chi connectivity index (χ0) is 11.6. The van der Waals surface area contributed by atoms with Crippen molar-refractivity contribution < 1.29 is 14.7 Å². The number of likely N-dealkylation sites (N-methyl/N-ethyl adjacent to an activating group) is 1. The van der Waals surface area contributed by atoms with Gasteiger partial charge in [-0.2, -0.15) is 0 Å². The number of carboxylic acid groups (broad SMARTS) is 1. The predicted octanol–water partition coefficient (Wildman–Crippen LogP) is 0.0137. The van der Waals surface area contributed by atoms with E-state index < -0.39 is 11.5 Å². The second kappa shape index (κ2) is 4.18. The molecule has 0 radical (unpaired) electrons. The molecule has 1 fully saturated rings. The molecule has 1 N–H and O–H groups in total. The first-order chi connectivity index (χ1) is 6.88. The molecule has 1 saturated heterocycles. The Morgan fingerprint density at radius 2 is 2.07 bits per heavy atom. The minimum absolute atomic E-state index is 0.0515. The summed E-state index contributed by atoms with van der Waals surface area (Å²) in [7, 11) is 3.35. The van der Waals surface area contributed by atoms with E-state index in [9.17, 15) is 9.59 Å². The van der Waals surface area contributed by atoms with Gasteiger partial charge in [0.2, 0.25) is 5.91 Å². The van der Waals surface area contributed by atoms with Gasteiger partial charge in [0, 0.05) is 14.1 Å². The van der Waals surface area contributed by atoms with Crippen molar-refractivity contribution in [3.8, 4) is 0 Å². The molecule has 0 aromatic heterocycles. The molecule has 1 heterocycles. The highest BCUT2D eigenvalue weighted by atomic mass is 16.4. The molecular formula is C10H18N2O3. The molecule has 0 saturated carbocycles. The van der Waals surface area contributed by atoms with Crippen LogP contribution >= 0.6 is 0 Å². The lowest BCUT2D eigenvalue weighted by molar-refractivity contribution is -0.149. The number of hydrogen-bond acceptors (Lipinski definition) is 3. The normalized spacial score (nSPS) is 26.6. The highest BCUT2D eigenvalue weighted by molar-refractivity contribution is 5.82. The van der Waals surface area contributed by atoms with Crippen LogP contribution in [0.4, 0.5) is 0 Å². The lowest BCUT2D eigenvalue weighted by Gasteiger charge is -2.31. The SMILES string of the molecule is CN(C)C(=O)CN1CCCC1(C)C(=O)O. The van der Waals surface area contributed by atoms with Crippen LogP contribution < -0.4 is 0 Å². The summed E-state index contributed by atoms with van der Waals surface area (Å²) in [6.07, 6.45) is 1.45. The quantitative estimate of drug-likeness (QED) is 0.719. The first-order valence-electron chi connectivity index (χ1n) is 5.06. The minimum Gasteiger partial charge on any atom is -0.480 e. The number of carbonyl (C=O) groups excluding carboxylic acids is 1. The second-order valence-electron chi connectivity index (χ2n) is 4.39. The van der Waals surface area contributed by atoms with Crippen LogP contribution in [0.3, 0.4) is 0 Å². The summed E-state index contributed by atoms with van der Waals surface area (Å²) in [5.41, 5.74) is -0.869. The van der Waals surface area contributed by atoms with Crippen molar-refractivity contribution in [2.24, 2.45) is 0 Å². The Balaban J connectivity index is 2.70. The Labute approximate surface area is 89.7 Å². The summed E-state index contributed by atoms with van der Waals surface area (Å²) in [5, 5.41) is 9.13. The predicted molar refractivity (Wildman–Crippen MR) is 55.5 cm³/mol. The van der Waals surface area contributed by atoms with Gasteiger partial charge in [0.25, 0.3) is 0 Å². The number of aliphatic carboxylic acids is 1. The fraction of sp³-hybridized carbons (Fsp3) is 0.800. The highest BCUT2D eigenvalue weighted by Crippen LogP contribution is 2.28. The third kappa shape index (κ3) is 2.28. The standard InChI is InChI=1S/C10H18N2O3/c1-10(9(14)15)5-4-6-12(10)7-8(13)11(2)3/h4-7H2,1-3H3,(H,14,15). The molecule has 15 heavy (non-hydrogen) atoms. The van der Waals surface area contributed by atoms with E-state index >= 15 is 0 Å². The fourth-order valence-electron chi connectivity index (χ4n) is 1.82. The lowest BCUT2D eigenvalue weighted by atomic mass is 9.99. The van der Waals surface area contributed by atoms with Crippen LogP contribution in [0, 0.1) is 0 Å². The van der Waals surface area contributed by atoms with Gasteiger partial charge < -0.3 is 10.0 Å². The van der Waals surface area contributed by atoms with Crippen LogP contribution in [0.1, 0.15) is 19.8 Å². The van der Waals surface area contributed by atoms with Gasteiger partial charge >= 0.3 is 5.97 Å². The molecule has 1 aliphatic rings. The highest BCUT2D eigenvalue weighted by Gasteiger charge is 2.43. The van der Waals surface area contributed by atoms with Crippen molar-refractivity contribution in [2.75, 3.05) is 27.2 Å². The Morgan fingerprint density at radius 1 is 1.47 bits per heavy atom. The Bertz CT molecular complexity index is 278. The molecule has 86 valence electrons. The van der Waals surface area contributed by atoms with E-state index in [2.05, 4.69) is 0 Å². The van der Waals surface area contributed by atoms with Crippen LogP contribution in [-0.2, 0) is 9.59 Å². The third-order valence-electron chi connectivity index (χ3n) is 3.08. The summed E-state index contributed by atoms with van der Waals surface area (Å²) in [6, 6.07) is 0. The van der Waals surface area contributed by atoms with Crippen molar-refractivity contribution in [2.45, 2.75) is 25.3 Å². The molecule has 1 rings (SSSR count). The maximum atomic E-state index is 11.5.